The third-order valence-corrected chi connectivity index (χ3v) is 9.55. The number of aromatic hydroxyl groups is 2. The van der Waals surface area contributed by atoms with Gasteiger partial charge in [-0.2, -0.15) is 11.8 Å². The molecule has 8 N–H and O–H groups in total. The number of anilines is 1. The summed E-state index contributed by atoms with van der Waals surface area (Å²) in [5.41, 5.74) is 8.56. The van der Waals surface area contributed by atoms with E-state index >= 15 is 0 Å². The van der Waals surface area contributed by atoms with Crippen LogP contribution in [-0.2, 0) is 44.2 Å². The molecule has 14 heteroatoms. The summed E-state index contributed by atoms with van der Waals surface area (Å²) in [5.74, 6) is -1.71. The van der Waals surface area contributed by atoms with Crippen molar-refractivity contribution < 1.29 is 29.4 Å². The van der Waals surface area contributed by atoms with Gasteiger partial charge in [-0.1, -0.05) is 54.6 Å². The highest BCUT2D eigenvalue weighted by Gasteiger charge is 2.32. The molecule has 1 aromatic heterocycles. The Morgan fingerprint density at radius 1 is 0.708 bits per heavy atom. The van der Waals surface area contributed by atoms with Crippen LogP contribution >= 0.6 is 23.1 Å². The van der Waals surface area contributed by atoms with Crippen LogP contribution in [0.3, 0.4) is 0 Å². The van der Waals surface area contributed by atoms with Gasteiger partial charge in [0.15, 0.2) is 5.13 Å². The standard InChI is InChI=1S/C34H36N6O6S2/c35-30(43)29-19-47-17-23-18-48-34(36-23)40-28(16-22-8-12-25(42)13-9-22)33(46)38-26(14-20-4-2-1-3-5-20)31(44)37-27(32(45)39-29)15-21-6-10-24(41)11-7-21/h1-13,18,26-29,41-42H,14-17,19H2,(H2,35,43)(H,36,40)(H,37,44)(H,38,46)(H,39,45)/t26-,27-,28-,29-/m0/s1. The number of phenolic OH excluding ortho intramolecular Hbond substituents is 2. The average Bonchev–Trinajstić information content (AvgIpc) is 3.52. The Hall–Kier alpha value is -5.08. The van der Waals surface area contributed by atoms with E-state index in [0.29, 0.717) is 22.1 Å². The maximum absolute atomic E-state index is 14.0. The highest BCUT2D eigenvalue weighted by atomic mass is 32.2. The van der Waals surface area contributed by atoms with Crippen molar-refractivity contribution in [3.8, 4) is 11.5 Å². The topological polar surface area (TPSA) is 196 Å². The maximum Gasteiger partial charge on any atom is 0.243 e. The lowest BCUT2D eigenvalue weighted by Crippen LogP contribution is -2.58. The van der Waals surface area contributed by atoms with Gasteiger partial charge in [0.25, 0.3) is 0 Å². The first kappa shape index (κ1) is 34.3. The van der Waals surface area contributed by atoms with Gasteiger partial charge in [-0.3, -0.25) is 19.2 Å². The Balaban J connectivity index is 1.49. The molecule has 5 rings (SSSR count). The highest BCUT2D eigenvalue weighted by Crippen LogP contribution is 2.23. The first-order valence-corrected chi connectivity index (χ1v) is 17.2. The van der Waals surface area contributed by atoms with E-state index in [2.05, 4.69) is 26.3 Å². The Kier molecular flexibility index (Phi) is 11.5. The van der Waals surface area contributed by atoms with Gasteiger partial charge in [-0.05, 0) is 41.0 Å². The quantitative estimate of drug-likeness (QED) is 0.152. The van der Waals surface area contributed by atoms with E-state index in [1.165, 1.54) is 47.4 Å². The molecule has 0 saturated heterocycles. The van der Waals surface area contributed by atoms with Crippen molar-refractivity contribution in [2.45, 2.75) is 49.2 Å². The predicted molar refractivity (Wildman–Crippen MR) is 184 cm³/mol. The number of primary amides is 1. The second kappa shape index (κ2) is 16.2. The van der Waals surface area contributed by atoms with Crippen molar-refractivity contribution in [1.82, 2.24) is 20.9 Å². The van der Waals surface area contributed by atoms with Crippen LogP contribution < -0.4 is 27.0 Å². The number of amides is 4. The zero-order valence-corrected chi connectivity index (χ0v) is 27.4. The number of hydrogen-bond donors (Lipinski definition) is 7. The van der Waals surface area contributed by atoms with E-state index in [0.717, 1.165) is 11.1 Å². The van der Waals surface area contributed by atoms with Crippen molar-refractivity contribution in [3.63, 3.8) is 0 Å². The van der Waals surface area contributed by atoms with E-state index in [4.69, 9.17) is 5.73 Å². The minimum absolute atomic E-state index is 0.0365. The van der Waals surface area contributed by atoms with Crippen LogP contribution in [0.2, 0.25) is 0 Å². The molecule has 2 bridgehead atoms. The number of fused-ring (bicyclic) bond motifs is 2. The number of hydrogen-bond acceptors (Lipinski definition) is 10. The van der Waals surface area contributed by atoms with Gasteiger partial charge in [0.05, 0.1) is 5.69 Å². The van der Waals surface area contributed by atoms with E-state index in [9.17, 15) is 29.4 Å². The monoisotopic (exact) mass is 688 g/mol. The molecule has 0 radical (unpaired) electrons. The van der Waals surface area contributed by atoms with Crippen LogP contribution in [0.25, 0.3) is 0 Å². The summed E-state index contributed by atoms with van der Waals surface area (Å²) in [5, 5.41) is 33.5. The lowest BCUT2D eigenvalue weighted by molar-refractivity contribution is -0.133. The Bertz CT molecular complexity index is 1720. The van der Waals surface area contributed by atoms with Crippen LogP contribution in [0.1, 0.15) is 22.4 Å². The largest absolute Gasteiger partial charge is 0.508 e. The number of thiazole rings is 1. The number of nitrogens with one attached hydrogen (secondary N) is 4. The van der Waals surface area contributed by atoms with Crippen molar-refractivity contribution >= 4 is 51.9 Å². The number of thioether (sulfide) groups is 1. The minimum atomic E-state index is -1.15. The Morgan fingerprint density at radius 3 is 1.71 bits per heavy atom. The molecule has 4 atom stereocenters. The average molecular weight is 689 g/mol. The van der Waals surface area contributed by atoms with Gasteiger partial charge in [0.2, 0.25) is 23.6 Å². The number of carbonyl (C=O) groups is 4. The summed E-state index contributed by atoms with van der Waals surface area (Å²) in [6.07, 6.45) is 0.385. The molecule has 3 aromatic carbocycles. The number of nitrogens with zero attached hydrogens (tertiary/aromatic N) is 1. The SMILES string of the molecule is NC(=O)[C@@H]1CSCc2csc(n2)N[C@@H](Cc2ccc(O)cc2)C(=O)N[C@@H](Cc2ccccc2)C(=O)N[C@@H](Cc2ccc(O)cc2)C(=O)N1. The van der Waals surface area contributed by atoms with Crippen molar-refractivity contribution in [3.05, 3.63) is 107 Å². The zero-order valence-electron chi connectivity index (χ0n) is 25.8. The summed E-state index contributed by atoms with van der Waals surface area (Å²) < 4.78 is 0. The maximum atomic E-state index is 14.0. The van der Waals surface area contributed by atoms with Crippen LogP contribution in [-0.4, -0.2) is 68.7 Å². The van der Waals surface area contributed by atoms with Crippen LogP contribution in [0, 0.1) is 0 Å². The second-order valence-electron chi connectivity index (χ2n) is 11.4. The van der Waals surface area contributed by atoms with E-state index < -0.39 is 47.8 Å². The molecule has 1 aliphatic heterocycles. The molecular weight excluding hydrogens is 653 g/mol. The molecule has 0 unspecified atom stereocenters. The van der Waals surface area contributed by atoms with Crippen molar-refractivity contribution in [2.24, 2.45) is 5.73 Å². The fraction of sp³-hybridized carbons (Fsp3) is 0.265. The summed E-state index contributed by atoms with van der Waals surface area (Å²) in [6.45, 7) is 0. The minimum Gasteiger partial charge on any atom is -0.508 e. The van der Waals surface area contributed by atoms with E-state index in [1.807, 2.05) is 35.7 Å². The lowest BCUT2D eigenvalue weighted by Gasteiger charge is -2.26. The number of nitrogens with two attached hydrogens (primary N) is 1. The molecule has 4 amide bonds. The lowest BCUT2D eigenvalue weighted by atomic mass is 10.0. The zero-order chi connectivity index (χ0) is 34.0. The summed E-state index contributed by atoms with van der Waals surface area (Å²) in [4.78, 5) is 58.7. The number of benzene rings is 3. The summed E-state index contributed by atoms with van der Waals surface area (Å²) >= 11 is 2.67. The van der Waals surface area contributed by atoms with Gasteiger partial charge in [-0.25, -0.2) is 4.98 Å². The van der Waals surface area contributed by atoms with Crippen LogP contribution in [0.15, 0.2) is 84.2 Å². The number of carbonyl (C=O) groups excluding carboxylic acids is 4. The molecule has 0 spiro atoms. The van der Waals surface area contributed by atoms with Crippen molar-refractivity contribution in [2.75, 3.05) is 11.1 Å². The smallest absolute Gasteiger partial charge is 0.243 e. The molecule has 2 heterocycles. The molecule has 0 saturated carbocycles. The number of phenols is 2. The third kappa shape index (κ3) is 9.72. The first-order chi connectivity index (χ1) is 23.1. The predicted octanol–water partition coefficient (Wildman–Crippen LogP) is 2.25. The molecule has 0 aliphatic carbocycles. The van der Waals surface area contributed by atoms with Gasteiger partial charge in [-0.15, -0.1) is 11.3 Å². The van der Waals surface area contributed by atoms with Gasteiger partial charge >= 0.3 is 0 Å². The van der Waals surface area contributed by atoms with E-state index in [-0.39, 0.29) is 36.5 Å². The second-order valence-corrected chi connectivity index (χ2v) is 13.3. The first-order valence-electron chi connectivity index (χ1n) is 15.2. The highest BCUT2D eigenvalue weighted by molar-refractivity contribution is 7.98. The summed E-state index contributed by atoms with van der Waals surface area (Å²) in [6, 6.07) is 17.8. The Morgan fingerprint density at radius 2 is 1.19 bits per heavy atom. The normalized spacial score (nSPS) is 20.8. The molecule has 0 fully saturated rings. The molecule has 4 aromatic rings. The van der Waals surface area contributed by atoms with Gasteiger partial charge in [0, 0.05) is 36.1 Å². The Labute approximate surface area is 285 Å². The van der Waals surface area contributed by atoms with Crippen molar-refractivity contribution in [1.29, 1.82) is 0 Å². The molecule has 48 heavy (non-hydrogen) atoms. The van der Waals surface area contributed by atoms with Crippen LogP contribution in [0.4, 0.5) is 5.13 Å². The van der Waals surface area contributed by atoms with Gasteiger partial charge < -0.3 is 37.2 Å². The molecule has 12 nitrogen and oxygen atoms in total. The number of rotatable bonds is 7. The van der Waals surface area contributed by atoms with E-state index in [1.54, 1.807) is 24.3 Å². The van der Waals surface area contributed by atoms with Crippen LogP contribution in [0.5, 0.6) is 11.5 Å². The molecule has 250 valence electrons. The molecule has 1 aliphatic rings. The fourth-order valence-corrected chi connectivity index (χ4v) is 6.92. The number of aromatic nitrogens is 1. The summed E-state index contributed by atoms with van der Waals surface area (Å²) in [7, 11) is 0. The third-order valence-electron chi connectivity index (χ3n) is 7.66. The van der Waals surface area contributed by atoms with Gasteiger partial charge in [0.1, 0.15) is 35.7 Å². The fourth-order valence-electron chi connectivity index (χ4n) is 5.09. The molecular formula is C34H36N6O6S2.